The largest absolute Gasteiger partial charge is 0.330 e. The number of aromatic nitrogens is 1. The van der Waals surface area contributed by atoms with Gasteiger partial charge in [0.15, 0.2) is 0 Å². The van der Waals surface area contributed by atoms with Gasteiger partial charge in [0.25, 0.3) is 5.91 Å². The summed E-state index contributed by atoms with van der Waals surface area (Å²) < 4.78 is 0. The van der Waals surface area contributed by atoms with E-state index in [2.05, 4.69) is 11.6 Å². The van der Waals surface area contributed by atoms with Gasteiger partial charge in [0.2, 0.25) is 0 Å². The molecule has 2 heterocycles. The van der Waals surface area contributed by atoms with Gasteiger partial charge < -0.3 is 4.90 Å². The second-order valence-electron chi connectivity index (χ2n) is 4.67. The standard InChI is InChI=1S/C16H14N2O/c1-12-10-18(11-13-6-8-17-9-7-13)16(19)15-5-3-2-4-14(12)15/h2-9H,1,10-11H2. The number of hydrogen-bond donors (Lipinski definition) is 0. The fourth-order valence-corrected chi connectivity index (χ4v) is 2.37. The molecule has 0 N–H and O–H groups in total. The minimum Gasteiger partial charge on any atom is -0.330 e. The van der Waals surface area contributed by atoms with Crippen molar-refractivity contribution in [3.05, 3.63) is 72.1 Å². The van der Waals surface area contributed by atoms with Crippen LogP contribution in [0.15, 0.2) is 55.4 Å². The lowest BCUT2D eigenvalue weighted by atomic mass is 9.95. The molecular formula is C16H14N2O. The molecule has 0 spiro atoms. The smallest absolute Gasteiger partial charge is 0.255 e. The van der Waals surface area contributed by atoms with E-state index in [9.17, 15) is 4.79 Å². The third-order valence-electron chi connectivity index (χ3n) is 3.33. The summed E-state index contributed by atoms with van der Waals surface area (Å²) in [5, 5.41) is 0. The lowest BCUT2D eigenvalue weighted by molar-refractivity contribution is 0.0757. The second kappa shape index (κ2) is 4.69. The predicted molar refractivity (Wildman–Crippen MR) is 74.5 cm³/mol. The van der Waals surface area contributed by atoms with Gasteiger partial charge in [-0.2, -0.15) is 0 Å². The molecule has 3 heteroatoms. The normalized spacial score (nSPS) is 14.4. The maximum absolute atomic E-state index is 12.4. The Hall–Kier alpha value is -2.42. The molecule has 1 aliphatic rings. The first-order chi connectivity index (χ1) is 9.25. The number of fused-ring (bicyclic) bond motifs is 1. The Balaban J connectivity index is 1.91. The Kier molecular flexibility index (Phi) is 2.88. The highest BCUT2D eigenvalue weighted by Crippen LogP contribution is 2.26. The number of amides is 1. The first kappa shape index (κ1) is 11.7. The Morgan fingerprint density at radius 1 is 1.11 bits per heavy atom. The van der Waals surface area contributed by atoms with Crippen molar-refractivity contribution in [1.82, 2.24) is 9.88 Å². The predicted octanol–water partition coefficient (Wildman–Crippen LogP) is 2.75. The van der Waals surface area contributed by atoms with Crippen LogP contribution in [0.1, 0.15) is 21.5 Å². The molecule has 0 atom stereocenters. The third kappa shape index (κ3) is 2.15. The molecule has 94 valence electrons. The van der Waals surface area contributed by atoms with Crippen molar-refractivity contribution >= 4 is 11.5 Å². The van der Waals surface area contributed by atoms with E-state index in [0.29, 0.717) is 13.1 Å². The average Bonchev–Trinajstić information content (AvgIpc) is 2.46. The maximum atomic E-state index is 12.4. The van der Waals surface area contributed by atoms with Crippen molar-refractivity contribution in [1.29, 1.82) is 0 Å². The monoisotopic (exact) mass is 250 g/mol. The summed E-state index contributed by atoms with van der Waals surface area (Å²) >= 11 is 0. The molecule has 0 saturated heterocycles. The van der Waals surface area contributed by atoms with Crippen LogP contribution in [-0.4, -0.2) is 22.3 Å². The molecule has 0 fully saturated rings. The topological polar surface area (TPSA) is 33.2 Å². The first-order valence-corrected chi connectivity index (χ1v) is 6.21. The zero-order valence-electron chi connectivity index (χ0n) is 10.5. The van der Waals surface area contributed by atoms with E-state index >= 15 is 0 Å². The Bertz CT molecular complexity index is 634. The van der Waals surface area contributed by atoms with Gasteiger partial charge in [0.05, 0.1) is 0 Å². The zero-order valence-corrected chi connectivity index (χ0v) is 10.5. The van der Waals surface area contributed by atoms with E-state index in [4.69, 9.17) is 0 Å². The second-order valence-corrected chi connectivity index (χ2v) is 4.67. The Labute approximate surface area is 112 Å². The van der Waals surface area contributed by atoms with Gasteiger partial charge in [-0.05, 0) is 34.9 Å². The van der Waals surface area contributed by atoms with Crippen LogP contribution < -0.4 is 0 Å². The number of hydrogen-bond acceptors (Lipinski definition) is 2. The van der Waals surface area contributed by atoms with E-state index in [-0.39, 0.29) is 5.91 Å². The Morgan fingerprint density at radius 2 is 1.79 bits per heavy atom. The van der Waals surface area contributed by atoms with Crippen LogP contribution >= 0.6 is 0 Å². The van der Waals surface area contributed by atoms with Crippen LogP contribution in [0.2, 0.25) is 0 Å². The van der Waals surface area contributed by atoms with Crippen molar-refractivity contribution in [2.24, 2.45) is 0 Å². The van der Waals surface area contributed by atoms with Gasteiger partial charge in [0.1, 0.15) is 0 Å². The van der Waals surface area contributed by atoms with Crippen molar-refractivity contribution in [2.45, 2.75) is 6.54 Å². The minimum atomic E-state index is 0.0693. The fourth-order valence-electron chi connectivity index (χ4n) is 2.37. The van der Waals surface area contributed by atoms with Crippen molar-refractivity contribution in [3.8, 4) is 0 Å². The van der Waals surface area contributed by atoms with Crippen molar-refractivity contribution in [2.75, 3.05) is 6.54 Å². The van der Waals surface area contributed by atoms with E-state index in [1.165, 1.54) is 0 Å². The molecule has 0 saturated carbocycles. The fraction of sp³-hybridized carbons (Fsp3) is 0.125. The SMILES string of the molecule is C=C1CN(Cc2ccncc2)C(=O)c2ccccc21. The molecule has 0 radical (unpaired) electrons. The summed E-state index contributed by atoms with van der Waals surface area (Å²) in [6.45, 7) is 5.25. The lowest BCUT2D eigenvalue weighted by Gasteiger charge is -2.30. The van der Waals surface area contributed by atoms with Gasteiger partial charge in [-0.1, -0.05) is 24.8 Å². The number of carbonyl (C=O) groups excluding carboxylic acids is 1. The number of rotatable bonds is 2. The molecule has 3 nitrogen and oxygen atoms in total. The zero-order chi connectivity index (χ0) is 13.2. The van der Waals surface area contributed by atoms with E-state index in [1.807, 2.05) is 41.3 Å². The summed E-state index contributed by atoms with van der Waals surface area (Å²) in [6, 6.07) is 11.5. The highest BCUT2D eigenvalue weighted by molar-refractivity contribution is 6.02. The van der Waals surface area contributed by atoms with E-state index in [1.54, 1.807) is 12.4 Å². The highest BCUT2D eigenvalue weighted by atomic mass is 16.2. The summed E-state index contributed by atoms with van der Waals surface area (Å²) in [4.78, 5) is 18.2. The van der Waals surface area contributed by atoms with E-state index < -0.39 is 0 Å². The van der Waals surface area contributed by atoms with Gasteiger partial charge >= 0.3 is 0 Å². The molecule has 1 amide bonds. The van der Waals surface area contributed by atoms with Gasteiger partial charge in [0, 0.05) is 31.0 Å². The number of pyridine rings is 1. The maximum Gasteiger partial charge on any atom is 0.255 e. The minimum absolute atomic E-state index is 0.0693. The molecule has 1 aromatic heterocycles. The van der Waals surface area contributed by atoms with Gasteiger partial charge in [-0.15, -0.1) is 0 Å². The van der Waals surface area contributed by atoms with Crippen LogP contribution in [0.4, 0.5) is 0 Å². The van der Waals surface area contributed by atoms with Crippen LogP contribution in [0.5, 0.6) is 0 Å². The molecule has 0 unspecified atom stereocenters. The van der Waals surface area contributed by atoms with Gasteiger partial charge in [-0.3, -0.25) is 9.78 Å². The lowest BCUT2D eigenvalue weighted by Crippen LogP contribution is -2.36. The summed E-state index contributed by atoms with van der Waals surface area (Å²) in [6.07, 6.45) is 3.49. The molecule has 19 heavy (non-hydrogen) atoms. The molecule has 3 rings (SSSR count). The number of benzene rings is 1. The molecule has 2 aromatic rings. The number of nitrogens with zero attached hydrogens (tertiary/aromatic N) is 2. The summed E-state index contributed by atoms with van der Waals surface area (Å²) in [5.41, 5.74) is 3.78. The number of carbonyl (C=O) groups is 1. The molecule has 1 aromatic carbocycles. The van der Waals surface area contributed by atoms with E-state index in [0.717, 1.165) is 22.3 Å². The molecule has 0 aliphatic carbocycles. The first-order valence-electron chi connectivity index (χ1n) is 6.21. The highest BCUT2D eigenvalue weighted by Gasteiger charge is 2.25. The quantitative estimate of drug-likeness (QED) is 0.821. The van der Waals surface area contributed by atoms with Crippen LogP contribution in [0, 0.1) is 0 Å². The molecular weight excluding hydrogens is 236 g/mol. The van der Waals surface area contributed by atoms with Crippen molar-refractivity contribution in [3.63, 3.8) is 0 Å². The average molecular weight is 250 g/mol. The van der Waals surface area contributed by atoms with Crippen LogP contribution in [0.3, 0.4) is 0 Å². The van der Waals surface area contributed by atoms with Gasteiger partial charge in [-0.25, -0.2) is 0 Å². The van der Waals surface area contributed by atoms with Crippen molar-refractivity contribution < 1.29 is 4.79 Å². The van der Waals surface area contributed by atoms with Crippen LogP contribution in [-0.2, 0) is 6.54 Å². The van der Waals surface area contributed by atoms with Crippen LogP contribution in [0.25, 0.3) is 5.57 Å². The molecule has 1 aliphatic heterocycles. The third-order valence-corrected chi connectivity index (χ3v) is 3.33. The summed E-state index contributed by atoms with van der Waals surface area (Å²) in [5.74, 6) is 0.0693. The summed E-state index contributed by atoms with van der Waals surface area (Å²) in [7, 11) is 0. The Morgan fingerprint density at radius 3 is 2.53 bits per heavy atom. The molecule has 0 bridgehead atoms.